The van der Waals surface area contributed by atoms with Crippen LogP contribution in [0, 0.1) is 0 Å². The molecule has 0 unspecified atom stereocenters. The lowest BCUT2D eigenvalue weighted by atomic mass is 9.96. The van der Waals surface area contributed by atoms with Gasteiger partial charge in [0.2, 0.25) is 0 Å². The summed E-state index contributed by atoms with van der Waals surface area (Å²) in [6, 6.07) is 73.4. The zero-order chi connectivity index (χ0) is 36.3. The summed E-state index contributed by atoms with van der Waals surface area (Å²) in [6.07, 6.45) is 0. The molecule has 0 aliphatic heterocycles. The van der Waals surface area contributed by atoms with E-state index in [-0.39, 0.29) is 0 Å². The van der Waals surface area contributed by atoms with Crippen LogP contribution < -0.4 is 4.90 Å². The van der Waals surface area contributed by atoms with E-state index in [1.807, 2.05) is 22.7 Å². The Labute approximate surface area is 327 Å². The molecule has 0 N–H and O–H groups in total. The highest BCUT2D eigenvalue weighted by Crippen LogP contribution is 2.44. The van der Waals surface area contributed by atoms with Gasteiger partial charge in [0.25, 0.3) is 0 Å². The van der Waals surface area contributed by atoms with Crippen molar-refractivity contribution in [2.24, 2.45) is 0 Å². The Hall–Kier alpha value is -6.52. The van der Waals surface area contributed by atoms with E-state index < -0.39 is 0 Å². The second-order valence-corrected chi connectivity index (χ2v) is 16.3. The molecule has 2 heterocycles. The van der Waals surface area contributed by atoms with Gasteiger partial charge in [0.05, 0.1) is 0 Å². The van der Waals surface area contributed by atoms with Gasteiger partial charge in [-0.25, -0.2) is 0 Å². The minimum absolute atomic E-state index is 1.11. The van der Waals surface area contributed by atoms with Crippen LogP contribution in [0.15, 0.2) is 200 Å². The van der Waals surface area contributed by atoms with Crippen LogP contribution in [0.1, 0.15) is 0 Å². The first-order chi connectivity index (χ1) is 27.2. The van der Waals surface area contributed by atoms with Gasteiger partial charge >= 0.3 is 0 Å². The summed E-state index contributed by atoms with van der Waals surface area (Å²) >= 11 is 3.74. The summed E-state index contributed by atoms with van der Waals surface area (Å²) in [5, 5.41) is 7.86. The maximum Gasteiger partial charge on any atom is 0.0467 e. The van der Waals surface area contributed by atoms with Gasteiger partial charge in [-0.05, 0) is 111 Å². The molecule has 0 fully saturated rings. The number of benzene rings is 9. The second-order valence-electron chi connectivity index (χ2n) is 14.1. The van der Waals surface area contributed by atoms with Crippen LogP contribution in [-0.2, 0) is 0 Å². The fourth-order valence-electron chi connectivity index (χ4n) is 8.25. The summed E-state index contributed by atoms with van der Waals surface area (Å²) in [6.45, 7) is 0. The van der Waals surface area contributed by atoms with E-state index in [1.54, 1.807) is 0 Å². The molecule has 1 nitrogen and oxygen atoms in total. The Balaban J connectivity index is 1.03. The fourth-order valence-corrected chi connectivity index (χ4v) is 10.5. The molecule has 0 aliphatic rings. The van der Waals surface area contributed by atoms with Gasteiger partial charge in [0.1, 0.15) is 0 Å². The van der Waals surface area contributed by atoms with Crippen LogP contribution in [0.2, 0.25) is 0 Å². The Morgan fingerprint density at radius 2 is 0.873 bits per heavy atom. The van der Waals surface area contributed by atoms with Gasteiger partial charge in [-0.3, -0.25) is 0 Å². The molecule has 11 rings (SSSR count). The number of rotatable bonds is 6. The molecule has 2 aromatic heterocycles. The average molecular weight is 736 g/mol. The van der Waals surface area contributed by atoms with Crippen molar-refractivity contribution in [2.75, 3.05) is 4.90 Å². The molecule has 3 heteroatoms. The summed E-state index contributed by atoms with van der Waals surface area (Å²) in [5.41, 5.74) is 10.7. The van der Waals surface area contributed by atoms with E-state index in [1.165, 1.54) is 84.5 Å². The van der Waals surface area contributed by atoms with Crippen LogP contribution in [0.25, 0.3) is 84.5 Å². The summed E-state index contributed by atoms with van der Waals surface area (Å²) in [5.74, 6) is 0. The van der Waals surface area contributed by atoms with Crippen molar-refractivity contribution in [3.8, 4) is 33.4 Å². The third-order valence-electron chi connectivity index (χ3n) is 10.9. The van der Waals surface area contributed by atoms with Gasteiger partial charge in [0.15, 0.2) is 0 Å². The molecule has 9 aromatic carbocycles. The highest BCUT2D eigenvalue weighted by Gasteiger charge is 2.17. The second kappa shape index (κ2) is 13.1. The standard InChI is InChI=1S/C52H33NS2/c1-2-11-34(12-3-1)35-23-27-39(28-24-35)53(41-15-8-13-37(31-41)43-19-10-22-50-52(43)45-17-5-7-21-49(45)54-50)40-29-25-36(26-30-40)42-18-9-14-38-32-47-44-16-4-6-20-48(44)55-51(47)33-46(38)42/h1-33H. The molecule has 0 bridgehead atoms. The van der Waals surface area contributed by atoms with Crippen molar-refractivity contribution in [3.63, 3.8) is 0 Å². The normalized spacial score (nSPS) is 11.6. The first kappa shape index (κ1) is 32.0. The predicted molar refractivity (Wildman–Crippen MR) is 241 cm³/mol. The van der Waals surface area contributed by atoms with Gasteiger partial charge in [-0.1, -0.05) is 133 Å². The molecule has 258 valence electrons. The SMILES string of the molecule is c1ccc(-c2ccc(N(c3ccc(-c4cccc5cc6c(cc45)sc4ccccc46)cc3)c3cccc(-c4cccc5sc6ccccc6c45)c3)cc2)cc1. The van der Waals surface area contributed by atoms with Crippen molar-refractivity contribution >= 4 is 90.9 Å². The predicted octanol–water partition coefficient (Wildman–Crippen LogP) is 16.0. The van der Waals surface area contributed by atoms with E-state index in [4.69, 9.17) is 0 Å². The van der Waals surface area contributed by atoms with Crippen LogP contribution in [-0.4, -0.2) is 0 Å². The van der Waals surface area contributed by atoms with Crippen LogP contribution in [0.5, 0.6) is 0 Å². The van der Waals surface area contributed by atoms with E-state index in [0.29, 0.717) is 0 Å². The summed E-state index contributed by atoms with van der Waals surface area (Å²) in [4.78, 5) is 2.39. The number of thiophene rings is 2. The molecule has 0 saturated carbocycles. The Morgan fingerprint density at radius 3 is 1.67 bits per heavy atom. The van der Waals surface area contributed by atoms with E-state index >= 15 is 0 Å². The third kappa shape index (κ3) is 5.51. The zero-order valence-electron chi connectivity index (χ0n) is 29.8. The molecule has 11 aromatic rings. The van der Waals surface area contributed by atoms with Crippen molar-refractivity contribution in [2.45, 2.75) is 0 Å². The summed E-state index contributed by atoms with van der Waals surface area (Å²) in [7, 11) is 0. The highest BCUT2D eigenvalue weighted by molar-refractivity contribution is 7.26. The number of hydrogen-bond donors (Lipinski definition) is 0. The molecule has 0 aliphatic carbocycles. The van der Waals surface area contributed by atoms with Gasteiger partial charge in [0, 0.05) is 57.4 Å². The van der Waals surface area contributed by atoms with Crippen LogP contribution >= 0.6 is 22.7 Å². The quantitative estimate of drug-likeness (QED) is 0.164. The highest BCUT2D eigenvalue weighted by atomic mass is 32.1. The average Bonchev–Trinajstić information content (AvgIpc) is 3.82. The number of nitrogens with zero attached hydrogens (tertiary/aromatic N) is 1. The maximum atomic E-state index is 2.39. The molecule has 0 radical (unpaired) electrons. The molecular weight excluding hydrogens is 703 g/mol. The monoisotopic (exact) mass is 735 g/mol. The Morgan fingerprint density at radius 1 is 0.291 bits per heavy atom. The van der Waals surface area contributed by atoms with Crippen molar-refractivity contribution in [1.29, 1.82) is 0 Å². The van der Waals surface area contributed by atoms with Crippen molar-refractivity contribution in [1.82, 2.24) is 0 Å². The lowest BCUT2D eigenvalue weighted by Gasteiger charge is -2.26. The fraction of sp³-hybridized carbons (Fsp3) is 0. The third-order valence-corrected chi connectivity index (χ3v) is 13.1. The van der Waals surface area contributed by atoms with Gasteiger partial charge < -0.3 is 4.90 Å². The molecule has 0 amide bonds. The lowest BCUT2D eigenvalue weighted by Crippen LogP contribution is -2.10. The molecule has 55 heavy (non-hydrogen) atoms. The Bertz CT molecular complexity index is 3190. The van der Waals surface area contributed by atoms with Gasteiger partial charge in [-0.15, -0.1) is 22.7 Å². The van der Waals surface area contributed by atoms with Crippen molar-refractivity contribution < 1.29 is 0 Å². The Kier molecular flexibility index (Phi) is 7.61. The summed E-state index contributed by atoms with van der Waals surface area (Å²) < 4.78 is 5.30. The number of hydrogen-bond acceptors (Lipinski definition) is 3. The minimum atomic E-state index is 1.11. The molecule has 0 atom stereocenters. The smallest absolute Gasteiger partial charge is 0.0467 e. The first-order valence-electron chi connectivity index (χ1n) is 18.7. The van der Waals surface area contributed by atoms with E-state index in [0.717, 1.165) is 17.1 Å². The lowest BCUT2D eigenvalue weighted by molar-refractivity contribution is 1.28. The van der Waals surface area contributed by atoms with E-state index in [2.05, 4.69) is 205 Å². The topological polar surface area (TPSA) is 3.24 Å². The molecule has 0 spiro atoms. The largest absolute Gasteiger partial charge is 0.310 e. The number of anilines is 3. The van der Waals surface area contributed by atoms with Crippen LogP contribution in [0.4, 0.5) is 17.1 Å². The zero-order valence-corrected chi connectivity index (χ0v) is 31.4. The van der Waals surface area contributed by atoms with Crippen molar-refractivity contribution in [3.05, 3.63) is 200 Å². The molecular formula is C52H33NS2. The maximum absolute atomic E-state index is 2.39. The van der Waals surface area contributed by atoms with E-state index in [9.17, 15) is 0 Å². The van der Waals surface area contributed by atoms with Gasteiger partial charge in [-0.2, -0.15) is 0 Å². The first-order valence-corrected chi connectivity index (χ1v) is 20.3. The number of fused-ring (bicyclic) bond motifs is 7. The minimum Gasteiger partial charge on any atom is -0.310 e. The molecule has 0 saturated heterocycles. The van der Waals surface area contributed by atoms with Crippen LogP contribution in [0.3, 0.4) is 0 Å².